The van der Waals surface area contributed by atoms with Crippen LogP contribution >= 0.6 is 0 Å². The summed E-state index contributed by atoms with van der Waals surface area (Å²) in [5.74, 6) is -0.208. The van der Waals surface area contributed by atoms with Crippen LogP contribution < -0.4 is 0 Å². The number of hydrogen-bond acceptors (Lipinski definition) is 3. The van der Waals surface area contributed by atoms with E-state index >= 15 is 0 Å². The van der Waals surface area contributed by atoms with Crippen LogP contribution in [0.4, 0.5) is 0 Å². The van der Waals surface area contributed by atoms with Crippen molar-refractivity contribution in [1.82, 2.24) is 4.98 Å². The number of carbonyl (C=O) groups is 1. The first-order valence-electron chi connectivity index (χ1n) is 6.88. The summed E-state index contributed by atoms with van der Waals surface area (Å²) in [6.07, 6.45) is 8.84. The number of carbonyl (C=O) groups excluding carboxylic acids is 1. The van der Waals surface area contributed by atoms with E-state index in [-0.39, 0.29) is 5.97 Å². The normalized spacial score (nSPS) is 15.4. The highest BCUT2D eigenvalue weighted by molar-refractivity contribution is 5.92. The van der Waals surface area contributed by atoms with Crippen LogP contribution in [0, 0.1) is 6.92 Å². The Bertz CT molecular complexity index is 440. The number of fused-ring (bicyclic) bond motifs is 1. The smallest absolute Gasteiger partial charge is 0.340 e. The van der Waals surface area contributed by atoms with Crippen LogP contribution in [-0.4, -0.2) is 17.6 Å². The summed E-state index contributed by atoms with van der Waals surface area (Å²) in [5.41, 5.74) is 3.94. The quantitative estimate of drug-likeness (QED) is 0.753. The van der Waals surface area contributed by atoms with Gasteiger partial charge >= 0.3 is 5.97 Å². The summed E-state index contributed by atoms with van der Waals surface area (Å²) < 4.78 is 5.17. The van der Waals surface area contributed by atoms with Crippen LogP contribution in [0.1, 0.15) is 59.8 Å². The Kier molecular flexibility index (Phi) is 4.34. The van der Waals surface area contributed by atoms with E-state index in [4.69, 9.17) is 4.74 Å². The van der Waals surface area contributed by atoms with Crippen molar-refractivity contribution in [3.8, 4) is 0 Å². The minimum absolute atomic E-state index is 0.208. The van der Waals surface area contributed by atoms with Gasteiger partial charge < -0.3 is 4.74 Å². The SMILES string of the molecule is CCOC(=O)c1c(C)ncc2c1CCCCCC2. The van der Waals surface area contributed by atoms with E-state index < -0.39 is 0 Å². The molecule has 0 radical (unpaired) electrons. The fraction of sp³-hybridized carbons (Fsp3) is 0.600. The van der Waals surface area contributed by atoms with Gasteiger partial charge in [-0.25, -0.2) is 4.79 Å². The molecule has 0 aliphatic heterocycles. The van der Waals surface area contributed by atoms with Crippen molar-refractivity contribution >= 4 is 5.97 Å². The molecule has 0 saturated heterocycles. The van der Waals surface area contributed by atoms with Gasteiger partial charge in [0.1, 0.15) is 0 Å². The minimum atomic E-state index is -0.208. The highest BCUT2D eigenvalue weighted by atomic mass is 16.5. The first-order chi connectivity index (χ1) is 8.74. The van der Waals surface area contributed by atoms with Gasteiger partial charge in [-0.05, 0) is 50.7 Å². The number of ether oxygens (including phenoxy) is 1. The Morgan fingerprint density at radius 3 is 2.72 bits per heavy atom. The molecule has 3 heteroatoms. The van der Waals surface area contributed by atoms with Crippen LogP contribution in [0.15, 0.2) is 6.20 Å². The number of nitrogens with zero attached hydrogens (tertiary/aromatic N) is 1. The molecule has 1 heterocycles. The summed E-state index contributed by atoms with van der Waals surface area (Å²) >= 11 is 0. The van der Waals surface area contributed by atoms with Crippen LogP contribution in [0.3, 0.4) is 0 Å². The van der Waals surface area contributed by atoms with E-state index in [2.05, 4.69) is 4.98 Å². The van der Waals surface area contributed by atoms with Gasteiger partial charge in [0.25, 0.3) is 0 Å². The maximum absolute atomic E-state index is 12.1. The largest absolute Gasteiger partial charge is 0.462 e. The molecule has 0 bridgehead atoms. The maximum Gasteiger partial charge on any atom is 0.340 e. The Balaban J connectivity index is 2.42. The average molecular weight is 247 g/mol. The van der Waals surface area contributed by atoms with Crippen LogP contribution in [0.5, 0.6) is 0 Å². The molecule has 1 aromatic heterocycles. The van der Waals surface area contributed by atoms with Gasteiger partial charge in [0.2, 0.25) is 0 Å². The lowest BCUT2D eigenvalue weighted by Crippen LogP contribution is -2.15. The molecular weight excluding hydrogens is 226 g/mol. The molecule has 0 amide bonds. The number of esters is 1. The van der Waals surface area contributed by atoms with Gasteiger partial charge in [-0.1, -0.05) is 12.8 Å². The summed E-state index contributed by atoms with van der Waals surface area (Å²) in [5, 5.41) is 0. The van der Waals surface area contributed by atoms with Gasteiger partial charge in [0.15, 0.2) is 0 Å². The van der Waals surface area contributed by atoms with Crippen molar-refractivity contribution in [3.05, 3.63) is 28.6 Å². The summed E-state index contributed by atoms with van der Waals surface area (Å²) in [4.78, 5) is 16.4. The second-order valence-electron chi connectivity index (χ2n) is 4.86. The van der Waals surface area contributed by atoms with Gasteiger partial charge in [-0.3, -0.25) is 4.98 Å². The molecule has 0 saturated carbocycles. The van der Waals surface area contributed by atoms with Gasteiger partial charge in [-0.2, -0.15) is 0 Å². The van der Waals surface area contributed by atoms with Crippen molar-refractivity contribution in [3.63, 3.8) is 0 Å². The number of pyridine rings is 1. The first-order valence-corrected chi connectivity index (χ1v) is 6.88. The lowest BCUT2D eigenvalue weighted by molar-refractivity contribution is 0.0523. The molecule has 98 valence electrons. The molecule has 3 nitrogen and oxygen atoms in total. The van der Waals surface area contributed by atoms with Gasteiger partial charge in [0, 0.05) is 6.20 Å². The molecule has 18 heavy (non-hydrogen) atoms. The van der Waals surface area contributed by atoms with E-state index in [1.807, 2.05) is 20.0 Å². The zero-order valence-electron chi connectivity index (χ0n) is 11.3. The van der Waals surface area contributed by atoms with Crippen LogP contribution in [0.25, 0.3) is 0 Å². The number of aryl methyl sites for hydroxylation is 2. The fourth-order valence-electron chi connectivity index (χ4n) is 2.64. The van der Waals surface area contributed by atoms with Crippen molar-refractivity contribution in [1.29, 1.82) is 0 Å². The first kappa shape index (κ1) is 13.1. The van der Waals surface area contributed by atoms with Crippen molar-refractivity contribution < 1.29 is 9.53 Å². The molecular formula is C15H21NO2. The predicted octanol–water partition coefficient (Wildman–Crippen LogP) is 3.23. The molecule has 0 spiro atoms. The second-order valence-corrected chi connectivity index (χ2v) is 4.86. The standard InChI is InChI=1S/C15H21NO2/c1-3-18-15(17)14-11(2)16-10-12-8-6-4-5-7-9-13(12)14/h10H,3-9H2,1-2H3. The third kappa shape index (κ3) is 2.71. The monoisotopic (exact) mass is 247 g/mol. The third-order valence-corrected chi connectivity index (χ3v) is 3.57. The number of rotatable bonds is 2. The number of hydrogen-bond donors (Lipinski definition) is 0. The molecule has 1 aliphatic rings. The molecule has 0 unspecified atom stereocenters. The predicted molar refractivity (Wildman–Crippen MR) is 70.8 cm³/mol. The maximum atomic E-state index is 12.1. The second kappa shape index (κ2) is 5.98. The Morgan fingerprint density at radius 1 is 1.28 bits per heavy atom. The van der Waals surface area contributed by atoms with Gasteiger partial charge in [-0.15, -0.1) is 0 Å². The zero-order chi connectivity index (χ0) is 13.0. The average Bonchev–Trinajstić information content (AvgIpc) is 2.31. The molecule has 2 rings (SSSR count). The molecule has 0 atom stereocenters. The Hall–Kier alpha value is -1.38. The minimum Gasteiger partial charge on any atom is -0.462 e. The highest BCUT2D eigenvalue weighted by Crippen LogP contribution is 2.25. The van der Waals surface area contributed by atoms with Crippen molar-refractivity contribution in [2.75, 3.05) is 6.61 Å². The zero-order valence-corrected chi connectivity index (χ0v) is 11.3. The van der Waals surface area contributed by atoms with Crippen LogP contribution in [-0.2, 0) is 17.6 Å². The van der Waals surface area contributed by atoms with Crippen molar-refractivity contribution in [2.24, 2.45) is 0 Å². The van der Waals surface area contributed by atoms with E-state index in [1.54, 1.807) is 0 Å². The van der Waals surface area contributed by atoms with E-state index in [9.17, 15) is 4.79 Å². The molecule has 1 aromatic rings. The highest BCUT2D eigenvalue weighted by Gasteiger charge is 2.20. The molecule has 0 N–H and O–H groups in total. The lowest BCUT2D eigenvalue weighted by Gasteiger charge is -2.18. The van der Waals surface area contributed by atoms with E-state index in [1.165, 1.54) is 30.4 Å². The summed E-state index contributed by atoms with van der Waals surface area (Å²) in [7, 11) is 0. The van der Waals surface area contributed by atoms with E-state index in [0.717, 1.165) is 30.5 Å². The summed E-state index contributed by atoms with van der Waals surface area (Å²) in [6, 6.07) is 0. The Labute approximate surface area is 109 Å². The molecule has 1 aliphatic carbocycles. The summed E-state index contributed by atoms with van der Waals surface area (Å²) in [6.45, 7) is 4.15. The van der Waals surface area contributed by atoms with Crippen LogP contribution in [0.2, 0.25) is 0 Å². The lowest BCUT2D eigenvalue weighted by atomic mass is 9.90. The van der Waals surface area contributed by atoms with Crippen molar-refractivity contribution in [2.45, 2.75) is 52.4 Å². The van der Waals surface area contributed by atoms with E-state index in [0.29, 0.717) is 6.61 Å². The number of aromatic nitrogens is 1. The fourth-order valence-corrected chi connectivity index (χ4v) is 2.64. The topological polar surface area (TPSA) is 39.2 Å². The Morgan fingerprint density at radius 2 is 2.00 bits per heavy atom. The molecule has 0 fully saturated rings. The third-order valence-electron chi connectivity index (χ3n) is 3.57. The molecule has 0 aromatic carbocycles. The van der Waals surface area contributed by atoms with Gasteiger partial charge in [0.05, 0.1) is 17.9 Å².